The van der Waals surface area contributed by atoms with Gasteiger partial charge < -0.3 is 4.57 Å². The lowest BCUT2D eigenvalue weighted by Crippen LogP contribution is -2.15. The molecule has 1 aromatic heterocycles. The molecule has 0 saturated heterocycles. The maximum atomic E-state index is 12.7. The van der Waals surface area contributed by atoms with Gasteiger partial charge in [-0.1, -0.05) is 71.9 Å². The summed E-state index contributed by atoms with van der Waals surface area (Å²) in [5.41, 5.74) is 3.07. The van der Waals surface area contributed by atoms with Crippen molar-refractivity contribution in [2.75, 3.05) is 0 Å². The molecule has 0 spiro atoms. The third-order valence-electron chi connectivity index (χ3n) is 4.07. The summed E-state index contributed by atoms with van der Waals surface area (Å²) in [6.07, 6.45) is 0. The van der Waals surface area contributed by atoms with Gasteiger partial charge in [-0.15, -0.1) is 10.2 Å². The van der Waals surface area contributed by atoms with Gasteiger partial charge in [0.25, 0.3) is 0 Å². The molecule has 0 saturated carbocycles. The third-order valence-corrected chi connectivity index (χ3v) is 5.15. The number of aromatic nitrogens is 3. The largest absolute Gasteiger partial charge is 0.302 e. The Morgan fingerprint density at radius 1 is 1.04 bits per heavy atom. The Balaban J connectivity index is 1.76. The van der Waals surface area contributed by atoms with Crippen molar-refractivity contribution >= 4 is 17.5 Å². The van der Waals surface area contributed by atoms with Crippen LogP contribution in [0, 0.1) is 13.8 Å². The number of nitrogens with zero attached hydrogens (tertiary/aromatic N) is 3. The van der Waals surface area contributed by atoms with Gasteiger partial charge in [0.05, 0.1) is 11.8 Å². The van der Waals surface area contributed by atoms with Gasteiger partial charge in [-0.25, -0.2) is 0 Å². The predicted octanol–water partition coefficient (Wildman–Crippen LogP) is 4.31. The zero-order valence-corrected chi connectivity index (χ0v) is 15.5. The Bertz CT molecular complexity index is 856. The first-order valence-corrected chi connectivity index (χ1v) is 9.14. The van der Waals surface area contributed by atoms with E-state index in [2.05, 4.69) is 26.9 Å². The van der Waals surface area contributed by atoms with E-state index in [0.717, 1.165) is 22.1 Å². The molecule has 0 amide bonds. The van der Waals surface area contributed by atoms with Crippen molar-refractivity contribution in [3.8, 4) is 0 Å². The average molecular weight is 351 g/mol. The summed E-state index contributed by atoms with van der Waals surface area (Å²) in [5.74, 6) is 0.957. The first-order chi connectivity index (χ1) is 12.0. The molecule has 1 heterocycles. The number of hydrogen-bond donors (Lipinski definition) is 0. The Kier molecular flexibility index (Phi) is 5.34. The Labute approximate surface area is 152 Å². The maximum absolute atomic E-state index is 12.7. The van der Waals surface area contributed by atoms with E-state index in [9.17, 15) is 4.79 Å². The number of hydrogen-bond acceptors (Lipinski definition) is 4. The fourth-order valence-electron chi connectivity index (χ4n) is 2.56. The highest BCUT2D eigenvalue weighted by atomic mass is 32.2. The van der Waals surface area contributed by atoms with Crippen LogP contribution in [0.25, 0.3) is 0 Å². The number of benzene rings is 2. The molecular formula is C20H21N3OS. The van der Waals surface area contributed by atoms with Crippen LogP contribution in [-0.4, -0.2) is 25.8 Å². The molecule has 0 radical (unpaired) electrons. The second-order valence-electron chi connectivity index (χ2n) is 6.09. The molecule has 1 atom stereocenters. The van der Waals surface area contributed by atoms with Gasteiger partial charge in [-0.3, -0.25) is 4.79 Å². The van der Waals surface area contributed by atoms with Crippen molar-refractivity contribution in [2.45, 2.75) is 37.7 Å². The van der Waals surface area contributed by atoms with E-state index in [-0.39, 0.29) is 11.0 Å². The van der Waals surface area contributed by atoms with Gasteiger partial charge >= 0.3 is 0 Å². The molecule has 0 fully saturated rings. The smallest absolute Gasteiger partial charge is 0.192 e. The highest BCUT2D eigenvalue weighted by Crippen LogP contribution is 2.25. The molecular weight excluding hydrogens is 330 g/mol. The zero-order valence-electron chi connectivity index (χ0n) is 14.6. The molecule has 3 rings (SSSR count). The van der Waals surface area contributed by atoms with E-state index in [1.807, 2.05) is 63.2 Å². The van der Waals surface area contributed by atoms with Crippen LogP contribution < -0.4 is 0 Å². The Hall–Kier alpha value is -2.40. The van der Waals surface area contributed by atoms with Crippen LogP contribution in [0.4, 0.5) is 0 Å². The van der Waals surface area contributed by atoms with Crippen LogP contribution in [0.2, 0.25) is 0 Å². The van der Waals surface area contributed by atoms with Crippen molar-refractivity contribution in [2.24, 2.45) is 0 Å². The topological polar surface area (TPSA) is 47.8 Å². The average Bonchev–Trinajstić information content (AvgIpc) is 2.96. The summed E-state index contributed by atoms with van der Waals surface area (Å²) in [5, 5.41) is 9.01. The quantitative estimate of drug-likeness (QED) is 0.490. The molecule has 5 heteroatoms. The number of carbonyl (C=O) groups is 1. The zero-order chi connectivity index (χ0) is 17.8. The molecule has 0 bridgehead atoms. The Morgan fingerprint density at radius 2 is 1.72 bits per heavy atom. The molecule has 4 nitrogen and oxygen atoms in total. The number of Topliss-reactive ketones (excluding diaryl/α,β-unsaturated/α-hetero) is 1. The van der Waals surface area contributed by atoms with E-state index in [4.69, 9.17) is 0 Å². The lowest BCUT2D eigenvalue weighted by Gasteiger charge is -2.12. The molecule has 128 valence electrons. The minimum atomic E-state index is -0.221. The highest BCUT2D eigenvalue weighted by molar-refractivity contribution is 8.00. The lowest BCUT2D eigenvalue weighted by molar-refractivity contribution is 0.0994. The maximum Gasteiger partial charge on any atom is 0.192 e. The van der Waals surface area contributed by atoms with Crippen molar-refractivity contribution in [3.63, 3.8) is 0 Å². The van der Waals surface area contributed by atoms with E-state index in [1.165, 1.54) is 17.3 Å². The Morgan fingerprint density at radius 3 is 2.40 bits per heavy atom. The van der Waals surface area contributed by atoms with Crippen LogP contribution in [0.5, 0.6) is 0 Å². The lowest BCUT2D eigenvalue weighted by atomic mass is 10.1. The van der Waals surface area contributed by atoms with E-state index < -0.39 is 0 Å². The minimum absolute atomic E-state index is 0.108. The summed E-state index contributed by atoms with van der Waals surface area (Å²) in [6.45, 7) is 6.57. The van der Waals surface area contributed by atoms with Gasteiger partial charge in [-0.2, -0.15) is 0 Å². The number of aryl methyl sites for hydroxylation is 2. The normalized spacial score (nSPS) is 12.1. The fraction of sp³-hybridized carbons (Fsp3) is 0.250. The SMILES string of the molecule is Cc1ccc(C(=O)[C@@H](C)Sc2nnc(C)n2Cc2ccccc2)cc1. The first kappa shape index (κ1) is 17.4. The first-order valence-electron chi connectivity index (χ1n) is 8.26. The summed E-state index contributed by atoms with van der Waals surface area (Å²) in [4.78, 5) is 12.7. The van der Waals surface area contributed by atoms with E-state index >= 15 is 0 Å². The molecule has 25 heavy (non-hydrogen) atoms. The van der Waals surface area contributed by atoms with Gasteiger partial charge in [0.1, 0.15) is 5.82 Å². The monoisotopic (exact) mass is 351 g/mol. The van der Waals surface area contributed by atoms with Crippen molar-refractivity contribution in [1.29, 1.82) is 0 Å². The van der Waals surface area contributed by atoms with Gasteiger partial charge in [0.15, 0.2) is 10.9 Å². The molecule has 0 aliphatic carbocycles. The molecule has 2 aromatic carbocycles. The second-order valence-corrected chi connectivity index (χ2v) is 7.40. The molecule has 0 aliphatic rings. The molecule has 0 N–H and O–H groups in total. The number of rotatable bonds is 6. The number of ketones is 1. The molecule has 3 aromatic rings. The summed E-state index contributed by atoms with van der Waals surface area (Å²) in [6, 6.07) is 17.9. The second kappa shape index (κ2) is 7.66. The van der Waals surface area contributed by atoms with Crippen molar-refractivity contribution in [1.82, 2.24) is 14.8 Å². The summed E-state index contributed by atoms with van der Waals surface area (Å²) in [7, 11) is 0. The van der Waals surface area contributed by atoms with Gasteiger partial charge in [0.2, 0.25) is 0 Å². The van der Waals surface area contributed by atoms with Gasteiger partial charge in [-0.05, 0) is 26.3 Å². The van der Waals surface area contributed by atoms with Crippen LogP contribution in [0.1, 0.15) is 34.2 Å². The van der Waals surface area contributed by atoms with E-state index in [0.29, 0.717) is 6.54 Å². The van der Waals surface area contributed by atoms with Gasteiger partial charge in [0, 0.05) is 5.56 Å². The number of thioether (sulfide) groups is 1. The van der Waals surface area contributed by atoms with Crippen LogP contribution in [-0.2, 0) is 6.54 Å². The molecule has 0 aliphatic heterocycles. The standard InChI is InChI=1S/C20H21N3OS/c1-14-9-11-18(12-10-14)19(24)15(2)25-20-22-21-16(3)23(20)13-17-7-5-4-6-8-17/h4-12,15H,13H2,1-3H3/t15-/m1/s1. The van der Waals surface area contributed by atoms with Crippen LogP contribution >= 0.6 is 11.8 Å². The number of carbonyl (C=O) groups excluding carboxylic acids is 1. The van der Waals surface area contributed by atoms with Crippen molar-refractivity contribution in [3.05, 3.63) is 77.1 Å². The summed E-state index contributed by atoms with van der Waals surface area (Å²) < 4.78 is 2.05. The minimum Gasteiger partial charge on any atom is -0.302 e. The van der Waals surface area contributed by atoms with E-state index in [1.54, 1.807) is 0 Å². The third kappa shape index (κ3) is 4.17. The fourth-order valence-corrected chi connectivity index (χ4v) is 3.53. The predicted molar refractivity (Wildman–Crippen MR) is 101 cm³/mol. The van der Waals surface area contributed by atoms with Crippen LogP contribution in [0.3, 0.4) is 0 Å². The summed E-state index contributed by atoms with van der Waals surface area (Å²) >= 11 is 1.46. The van der Waals surface area contributed by atoms with Crippen molar-refractivity contribution < 1.29 is 4.79 Å². The highest BCUT2D eigenvalue weighted by Gasteiger charge is 2.20. The van der Waals surface area contributed by atoms with Crippen LogP contribution in [0.15, 0.2) is 59.8 Å². The molecule has 0 unspecified atom stereocenters.